The van der Waals surface area contributed by atoms with Crippen LogP contribution in [0.4, 0.5) is 4.39 Å². The van der Waals surface area contributed by atoms with Crippen molar-refractivity contribution in [3.63, 3.8) is 0 Å². The van der Waals surface area contributed by atoms with E-state index in [0.717, 1.165) is 16.9 Å². The summed E-state index contributed by atoms with van der Waals surface area (Å²) in [5.41, 5.74) is 1.22. The Bertz CT molecular complexity index is 1040. The van der Waals surface area contributed by atoms with Crippen LogP contribution in [0.5, 0.6) is 0 Å². The zero-order valence-electron chi connectivity index (χ0n) is 15.3. The molecule has 0 aliphatic carbocycles. The lowest BCUT2D eigenvalue weighted by molar-refractivity contribution is -0.118. The fraction of sp³-hybridized carbons (Fsp3) is 0.316. The van der Waals surface area contributed by atoms with Gasteiger partial charge in [-0.15, -0.1) is 11.3 Å². The van der Waals surface area contributed by atoms with Crippen molar-refractivity contribution in [1.29, 1.82) is 0 Å². The van der Waals surface area contributed by atoms with E-state index < -0.39 is 0 Å². The third kappa shape index (κ3) is 4.06. The molecule has 0 radical (unpaired) electrons. The van der Waals surface area contributed by atoms with E-state index in [1.807, 2.05) is 20.8 Å². The largest absolute Gasteiger partial charge is 0.355 e. The summed E-state index contributed by atoms with van der Waals surface area (Å²) in [7, 11) is 0. The van der Waals surface area contributed by atoms with E-state index in [-0.39, 0.29) is 23.0 Å². The Kier molecular flexibility index (Phi) is 5.96. The summed E-state index contributed by atoms with van der Waals surface area (Å²) >= 11 is 2.66. The molecule has 0 bridgehead atoms. The quantitative estimate of drug-likeness (QED) is 0.500. The number of benzene rings is 1. The van der Waals surface area contributed by atoms with Crippen LogP contribution in [-0.4, -0.2) is 27.8 Å². The van der Waals surface area contributed by atoms with Gasteiger partial charge in [0.25, 0.3) is 5.56 Å². The van der Waals surface area contributed by atoms with E-state index in [1.165, 1.54) is 39.8 Å². The summed E-state index contributed by atoms with van der Waals surface area (Å²) in [5.74, 6) is -0.334. The van der Waals surface area contributed by atoms with Crippen LogP contribution < -0.4 is 10.9 Å². The van der Waals surface area contributed by atoms with Crippen LogP contribution in [0.1, 0.15) is 23.8 Å². The standard InChI is InChI=1S/C19H20FN3O2S2/c1-4-9-21-15(24)10-26-19-22-17-16(11(2)12(3)27-17)18(25)23(19)14-7-5-13(20)6-8-14/h5-8H,4,9-10H2,1-3H3,(H,21,24). The lowest BCUT2D eigenvalue weighted by Gasteiger charge is -2.12. The summed E-state index contributed by atoms with van der Waals surface area (Å²) in [6, 6.07) is 5.69. The van der Waals surface area contributed by atoms with E-state index >= 15 is 0 Å². The lowest BCUT2D eigenvalue weighted by atomic mass is 10.2. The number of fused-ring (bicyclic) bond motifs is 1. The van der Waals surface area contributed by atoms with Crippen LogP contribution >= 0.6 is 23.1 Å². The predicted molar refractivity (Wildman–Crippen MR) is 109 cm³/mol. The normalized spacial score (nSPS) is 11.1. The van der Waals surface area contributed by atoms with Crippen LogP contribution in [-0.2, 0) is 4.79 Å². The van der Waals surface area contributed by atoms with Gasteiger partial charge in [0.15, 0.2) is 5.16 Å². The summed E-state index contributed by atoms with van der Waals surface area (Å²) < 4.78 is 14.8. The average Bonchev–Trinajstić information content (AvgIpc) is 2.93. The third-order valence-electron chi connectivity index (χ3n) is 4.16. The van der Waals surface area contributed by atoms with Crippen molar-refractivity contribution >= 4 is 39.2 Å². The highest BCUT2D eigenvalue weighted by Gasteiger charge is 2.18. The molecule has 27 heavy (non-hydrogen) atoms. The number of carbonyl (C=O) groups is 1. The van der Waals surface area contributed by atoms with Gasteiger partial charge in [-0.1, -0.05) is 18.7 Å². The van der Waals surface area contributed by atoms with Gasteiger partial charge < -0.3 is 5.32 Å². The average molecular weight is 406 g/mol. The molecule has 0 aliphatic rings. The Morgan fingerprint density at radius 2 is 2.00 bits per heavy atom. The second kappa shape index (κ2) is 8.22. The molecule has 0 atom stereocenters. The highest BCUT2D eigenvalue weighted by molar-refractivity contribution is 7.99. The molecule has 3 aromatic rings. The van der Waals surface area contributed by atoms with E-state index in [4.69, 9.17) is 0 Å². The zero-order valence-corrected chi connectivity index (χ0v) is 17.0. The van der Waals surface area contributed by atoms with Gasteiger partial charge in [-0.2, -0.15) is 0 Å². The maximum Gasteiger partial charge on any atom is 0.267 e. The smallest absolute Gasteiger partial charge is 0.267 e. The number of thioether (sulfide) groups is 1. The molecule has 3 rings (SSSR count). The van der Waals surface area contributed by atoms with Gasteiger partial charge in [-0.3, -0.25) is 14.2 Å². The maximum absolute atomic E-state index is 13.3. The number of nitrogens with zero attached hydrogens (tertiary/aromatic N) is 2. The van der Waals surface area contributed by atoms with Crippen molar-refractivity contribution in [1.82, 2.24) is 14.9 Å². The first-order chi connectivity index (χ1) is 12.9. The van der Waals surface area contributed by atoms with Crippen LogP contribution in [0.3, 0.4) is 0 Å². The fourth-order valence-corrected chi connectivity index (χ4v) is 4.55. The minimum atomic E-state index is -0.378. The Labute approximate surface area is 164 Å². The topological polar surface area (TPSA) is 64.0 Å². The molecule has 1 amide bonds. The molecule has 1 N–H and O–H groups in total. The predicted octanol–water partition coefficient (Wildman–Crippen LogP) is 3.82. The van der Waals surface area contributed by atoms with Crippen molar-refractivity contribution in [3.8, 4) is 5.69 Å². The number of thiophene rings is 1. The van der Waals surface area contributed by atoms with Crippen LogP contribution in [0.2, 0.25) is 0 Å². The first-order valence-corrected chi connectivity index (χ1v) is 10.4. The Morgan fingerprint density at radius 3 is 2.67 bits per heavy atom. The molecule has 142 valence electrons. The highest BCUT2D eigenvalue weighted by atomic mass is 32.2. The van der Waals surface area contributed by atoms with Gasteiger partial charge in [0.05, 0.1) is 16.8 Å². The third-order valence-corrected chi connectivity index (χ3v) is 6.20. The van der Waals surface area contributed by atoms with Gasteiger partial charge in [0.1, 0.15) is 10.6 Å². The summed E-state index contributed by atoms with van der Waals surface area (Å²) in [6.07, 6.45) is 0.856. The molecule has 2 aromatic heterocycles. The minimum Gasteiger partial charge on any atom is -0.355 e. The van der Waals surface area contributed by atoms with Gasteiger partial charge in [0.2, 0.25) is 5.91 Å². The van der Waals surface area contributed by atoms with Gasteiger partial charge in [-0.25, -0.2) is 9.37 Å². The number of nitrogens with one attached hydrogen (secondary N) is 1. The maximum atomic E-state index is 13.3. The Morgan fingerprint density at radius 1 is 1.30 bits per heavy atom. The SMILES string of the molecule is CCCNC(=O)CSc1nc2sc(C)c(C)c2c(=O)n1-c1ccc(F)cc1. The van der Waals surface area contributed by atoms with Crippen LogP contribution in [0, 0.1) is 19.7 Å². The van der Waals surface area contributed by atoms with E-state index in [2.05, 4.69) is 10.3 Å². The molecule has 5 nitrogen and oxygen atoms in total. The summed E-state index contributed by atoms with van der Waals surface area (Å²) in [4.78, 5) is 31.5. The van der Waals surface area contributed by atoms with Crippen molar-refractivity contribution in [3.05, 3.63) is 50.9 Å². The number of aromatic nitrogens is 2. The fourth-order valence-electron chi connectivity index (χ4n) is 2.64. The summed E-state index contributed by atoms with van der Waals surface area (Å²) in [6.45, 7) is 6.45. The number of amides is 1. The van der Waals surface area contributed by atoms with Crippen molar-refractivity contribution in [2.45, 2.75) is 32.3 Å². The first-order valence-electron chi connectivity index (χ1n) is 8.60. The highest BCUT2D eigenvalue weighted by Crippen LogP contribution is 2.29. The molecule has 0 saturated heterocycles. The monoisotopic (exact) mass is 405 g/mol. The number of halogens is 1. The Balaban J connectivity index is 2.10. The molecule has 0 saturated carbocycles. The second-order valence-electron chi connectivity index (χ2n) is 6.11. The van der Waals surface area contributed by atoms with Gasteiger partial charge >= 0.3 is 0 Å². The number of rotatable bonds is 6. The molecule has 0 fully saturated rings. The molecule has 2 heterocycles. The van der Waals surface area contributed by atoms with E-state index in [9.17, 15) is 14.0 Å². The number of carbonyl (C=O) groups excluding carboxylic acids is 1. The van der Waals surface area contributed by atoms with Crippen molar-refractivity contribution in [2.24, 2.45) is 0 Å². The number of hydrogen-bond donors (Lipinski definition) is 1. The molecule has 8 heteroatoms. The zero-order chi connectivity index (χ0) is 19.6. The molecule has 0 unspecified atom stereocenters. The first kappa shape index (κ1) is 19.6. The van der Waals surface area contributed by atoms with Crippen LogP contribution in [0.15, 0.2) is 34.2 Å². The van der Waals surface area contributed by atoms with Gasteiger partial charge in [-0.05, 0) is 50.1 Å². The van der Waals surface area contributed by atoms with Crippen molar-refractivity contribution in [2.75, 3.05) is 12.3 Å². The molecular weight excluding hydrogens is 385 g/mol. The second-order valence-corrected chi connectivity index (χ2v) is 8.26. The number of aryl methyl sites for hydroxylation is 2. The van der Waals surface area contributed by atoms with Crippen LogP contribution in [0.25, 0.3) is 15.9 Å². The van der Waals surface area contributed by atoms with Gasteiger partial charge in [0, 0.05) is 11.4 Å². The summed E-state index contributed by atoms with van der Waals surface area (Å²) in [5, 5.41) is 3.81. The molecule has 0 spiro atoms. The van der Waals surface area contributed by atoms with E-state index in [0.29, 0.717) is 27.6 Å². The van der Waals surface area contributed by atoms with E-state index in [1.54, 1.807) is 12.1 Å². The number of hydrogen-bond acceptors (Lipinski definition) is 5. The Hall–Kier alpha value is -2.19. The molecule has 0 aliphatic heterocycles. The lowest BCUT2D eigenvalue weighted by Crippen LogP contribution is -2.27. The minimum absolute atomic E-state index is 0.111. The molecular formula is C19H20FN3O2S2. The molecule has 1 aromatic carbocycles. The van der Waals surface area contributed by atoms with Crippen molar-refractivity contribution < 1.29 is 9.18 Å².